The number of aromatic nitrogens is 4. The highest BCUT2D eigenvalue weighted by atomic mass is 16.5. The standard InChI is InChI=1S/C18H12B8N6O2/c1-31-7-11(5-29-31)10-2-9-3-13(28-6-12(9)27-4-10)30-14(33)8-32-15(19,20)17(23,24)34-18(25,26)16(32,21)22/h2-7H,8H2,1H3,(H,28,30,33). The summed E-state index contributed by atoms with van der Waals surface area (Å²) in [4.78, 5) is 22.3. The number of carbonyl (C=O) groups excluding carboxylic acids is 1. The zero-order valence-electron chi connectivity index (χ0n) is 18.3. The first kappa shape index (κ1) is 24.8. The summed E-state index contributed by atoms with van der Waals surface area (Å²) < 4.78 is 6.81. The van der Waals surface area contributed by atoms with E-state index < -0.39 is 33.9 Å². The molecule has 1 aliphatic heterocycles. The minimum absolute atomic E-state index is 0.216. The molecule has 0 unspecified atom stereocenters. The van der Waals surface area contributed by atoms with Crippen molar-refractivity contribution in [1.29, 1.82) is 0 Å². The molecule has 8 nitrogen and oxygen atoms in total. The Balaban J connectivity index is 1.58. The minimum Gasteiger partial charge on any atom is -0.406 e. The average molecular weight is 431 g/mol. The van der Waals surface area contributed by atoms with E-state index in [-0.39, 0.29) is 5.82 Å². The number of hydrogen-bond donors (Lipinski definition) is 1. The van der Waals surface area contributed by atoms with Crippen molar-refractivity contribution in [3.05, 3.63) is 36.9 Å². The van der Waals surface area contributed by atoms with Crippen LogP contribution in [0, 0.1) is 0 Å². The molecule has 0 aromatic carbocycles. The molecule has 1 fully saturated rings. The highest BCUT2D eigenvalue weighted by Crippen LogP contribution is 2.39. The van der Waals surface area contributed by atoms with Gasteiger partial charge in [0.15, 0.2) is 0 Å². The lowest BCUT2D eigenvalue weighted by Crippen LogP contribution is -2.86. The van der Waals surface area contributed by atoms with E-state index >= 15 is 0 Å². The molecule has 1 amide bonds. The van der Waals surface area contributed by atoms with E-state index in [1.54, 1.807) is 23.1 Å². The van der Waals surface area contributed by atoms with Crippen LogP contribution in [0.3, 0.4) is 0 Å². The predicted molar refractivity (Wildman–Crippen MR) is 135 cm³/mol. The summed E-state index contributed by atoms with van der Waals surface area (Å²) in [7, 11) is 49.3. The summed E-state index contributed by atoms with van der Waals surface area (Å²) in [5.74, 6) is -0.439. The van der Waals surface area contributed by atoms with Crippen molar-refractivity contribution in [3.63, 3.8) is 0 Å². The van der Waals surface area contributed by atoms with Crippen LogP contribution in [0.4, 0.5) is 5.82 Å². The van der Waals surface area contributed by atoms with Crippen LogP contribution in [0.5, 0.6) is 0 Å². The first-order valence-electron chi connectivity index (χ1n) is 9.98. The number of fused-ring (bicyclic) bond motifs is 1. The highest BCUT2D eigenvalue weighted by Gasteiger charge is 2.57. The van der Waals surface area contributed by atoms with Crippen molar-refractivity contribution >= 4 is 85.4 Å². The van der Waals surface area contributed by atoms with Crippen molar-refractivity contribution in [1.82, 2.24) is 24.6 Å². The Morgan fingerprint density at radius 1 is 0.941 bits per heavy atom. The van der Waals surface area contributed by atoms with Gasteiger partial charge in [0.1, 0.15) is 5.82 Å². The number of aryl methyl sites for hydroxylation is 1. The molecule has 34 heavy (non-hydrogen) atoms. The topological polar surface area (TPSA) is 85.2 Å². The summed E-state index contributed by atoms with van der Waals surface area (Å²) in [5.41, 5.74) is 2.35. The third kappa shape index (κ3) is 4.15. The Bertz CT molecular complexity index is 1240. The first-order valence-corrected chi connectivity index (χ1v) is 9.98. The number of amides is 1. The van der Waals surface area contributed by atoms with E-state index in [1.165, 1.54) is 6.20 Å². The van der Waals surface area contributed by atoms with Gasteiger partial charge < -0.3 is 15.0 Å². The molecule has 0 bridgehead atoms. The van der Waals surface area contributed by atoms with Crippen LogP contribution in [-0.4, -0.2) is 121 Å². The lowest BCUT2D eigenvalue weighted by atomic mass is 9.30. The maximum atomic E-state index is 12.9. The predicted octanol–water partition coefficient (Wildman–Crippen LogP) is -2.74. The van der Waals surface area contributed by atoms with Crippen LogP contribution in [0.1, 0.15) is 0 Å². The van der Waals surface area contributed by atoms with Crippen molar-refractivity contribution < 1.29 is 9.53 Å². The molecule has 16 heteroatoms. The van der Waals surface area contributed by atoms with Crippen molar-refractivity contribution in [2.24, 2.45) is 7.05 Å². The summed E-state index contributed by atoms with van der Waals surface area (Å²) in [6.07, 6.45) is 6.79. The molecule has 1 N–H and O–H groups in total. The van der Waals surface area contributed by atoms with E-state index in [0.29, 0.717) is 5.52 Å². The van der Waals surface area contributed by atoms with E-state index in [2.05, 4.69) is 20.4 Å². The second-order valence-electron chi connectivity index (χ2n) is 8.36. The number of hydrogen-bond acceptors (Lipinski definition) is 6. The molecule has 4 rings (SSSR count). The Morgan fingerprint density at radius 2 is 1.59 bits per heavy atom. The third-order valence-corrected chi connectivity index (χ3v) is 5.66. The summed E-state index contributed by atoms with van der Waals surface area (Å²) in [5, 5.41) is -1.55. The van der Waals surface area contributed by atoms with E-state index in [9.17, 15) is 4.79 Å². The number of nitrogens with one attached hydrogen (secondary N) is 1. The average Bonchev–Trinajstić information content (AvgIpc) is 3.16. The molecule has 3 aromatic rings. The molecule has 4 heterocycles. The number of carbonyl (C=O) groups is 1. The van der Waals surface area contributed by atoms with Crippen molar-refractivity contribution in [3.8, 4) is 11.1 Å². The fourth-order valence-electron chi connectivity index (χ4n) is 3.59. The Kier molecular flexibility index (Phi) is 5.92. The zero-order chi connectivity index (χ0) is 25.1. The van der Waals surface area contributed by atoms with Gasteiger partial charge in [-0.25, -0.2) is 4.98 Å². The van der Waals surface area contributed by atoms with E-state index in [4.69, 9.17) is 67.5 Å². The minimum atomic E-state index is -2.30. The van der Waals surface area contributed by atoms with E-state index in [0.717, 1.165) is 21.4 Å². The smallest absolute Gasteiger partial charge is 0.239 e. The molecular formula is C18H12B8N6O2. The first-order chi connectivity index (χ1) is 15.6. The monoisotopic (exact) mass is 432 g/mol. The Morgan fingerprint density at radius 3 is 2.18 bits per heavy atom. The van der Waals surface area contributed by atoms with Crippen LogP contribution in [0.2, 0.25) is 0 Å². The molecule has 0 spiro atoms. The van der Waals surface area contributed by atoms with Gasteiger partial charge in [0.05, 0.1) is 87.2 Å². The van der Waals surface area contributed by atoms with Crippen LogP contribution >= 0.6 is 0 Å². The molecule has 1 aliphatic rings. The number of rotatable bonds is 4. The maximum Gasteiger partial charge on any atom is 0.239 e. The van der Waals surface area contributed by atoms with Crippen LogP contribution in [0.25, 0.3) is 22.0 Å². The van der Waals surface area contributed by atoms with Gasteiger partial charge in [-0.3, -0.25) is 14.5 Å². The quantitative estimate of drug-likeness (QED) is 0.452. The molecule has 3 aromatic heterocycles. The lowest BCUT2D eigenvalue weighted by molar-refractivity contribution is -0.131. The fraction of sp³-hybridized carbons (Fsp3) is 0.333. The van der Waals surface area contributed by atoms with Gasteiger partial charge in [-0.15, -0.1) is 0 Å². The van der Waals surface area contributed by atoms with Gasteiger partial charge in [-0.05, 0) is 33.6 Å². The molecule has 0 atom stereocenters. The largest absolute Gasteiger partial charge is 0.406 e. The number of morpholine rings is 1. The second-order valence-corrected chi connectivity index (χ2v) is 8.36. The summed E-state index contributed by atoms with van der Waals surface area (Å²) in [6, 6.07) is 3.53. The summed E-state index contributed by atoms with van der Waals surface area (Å²) in [6.45, 7) is -0.594. The molecule has 0 saturated carbocycles. The zero-order valence-corrected chi connectivity index (χ0v) is 18.3. The van der Waals surface area contributed by atoms with Crippen LogP contribution in [0.15, 0.2) is 36.9 Å². The molecule has 150 valence electrons. The van der Waals surface area contributed by atoms with Gasteiger partial charge in [0.2, 0.25) is 5.91 Å². The van der Waals surface area contributed by atoms with Crippen molar-refractivity contribution in [2.45, 2.75) is 21.5 Å². The SMILES string of the molecule is [B]C1([B])OC([B])([B])C([B])([B])N(CC(=O)Nc2cc3cc(-c4cnn(C)c4)cnc3cn2)C1([B])[B]. The van der Waals surface area contributed by atoms with Gasteiger partial charge in [-0.1, -0.05) is 0 Å². The van der Waals surface area contributed by atoms with Crippen LogP contribution < -0.4 is 5.32 Å². The van der Waals surface area contributed by atoms with Gasteiger partial charge in [-0.2, -0.15) is 5.10 Å². The number of pyridine rings is 2. The van der Waals surface area contributed by atoms with E-state index in [1.807, 2.05) is 19.3 Å². The summed E-state index contributed by atoms with van der Waals surface area (Å²) >= 11 is 0. The third-order valence-electron chi connectivity index (χ3n) is 5.66. The molecule has 16 radical (unpaired) electrons. The number of nitrogens with zero attached hydrogens (tertiary/aromatic N) is 5. The van der Waals surface area contributed by atoms with Gasteiger partial charge in [0.25, 0.3) is 0 Å². The normalized spacial score (nSPS) is 20.6. The Hall–Kier alpha value is -2.32. The fourth-order valence-corrected chi connectivity index (χ4v) is 3.59. The Labute approximate surface area is 208 Å². The van der Waals surface area contributed by atoms with Crippen molar-refractivity contribution in [2.75, 3.05) is 11.9 Å². The molecule has 0 aliphatic carbocycles. The lowest BCUT2D eigenvalue weighted by Gasteiger charge is -2.70. The number of anilines is 1. The van der Waals surface area contributed by atoms with Crippen LogP contribution in [-0.2, 0) is 16.6 Å². The maximum absolute atomic E-state index is 12.9. The highest BCUT2D eigenvalue weighted by molar-refractivity contribution is 6.59. The molecular weight excluding hydrogens is 419 g/mol. The van der Waals surface area contributed by atoms with Gasteiger partial charge >= 0.3 is 0 Å². The second kappa shape index (κ2) is 8.12. The molecule has 1 saturated heterocycles. The number of ether oxygens (including phenoxy) is 1. The van der Waals surface area contributed by atoms with Gasteiger partial charge in [0, 0.05) is 36.0 Å².